The Morgan fingerprint density at radius 1 is 0.957 bits per heavy atom. The molecule has 47 heavy (non-hydrogen) atoms. The predicted molar refractivity (Wildman–Crippen MR) is 173 cm³/mol. The van der Waals surface area contributed by atoms with E-state index < -0.39 is 25.2 Å². The van der Waals surface area contributed by atoms with Gasteiger partial charge in [-0.15, -0.1) is 0 Å². The summed E-state index contributed by atoms with van der Waals surface area (Å²) >= 11 is 0. The van der Waals surface area contributed by atoms with Gasteiger partial charge < -0.3 is 29.3 Å². The first-order valence-corrected chi connectivity index (χ1v) is 17.7. The van der Waals surface area contributed by atoms with Crippen LogP contribution in [0.5, 0.6) is 0 Å². The third-order valence-corrected chi connectivity index (χ3v) is 10.5. The maximum absolute atomic E-state index is 14.1. The number of hydrogen-bond donors (Lipinski definition) is 2. The highest BCUT2D eigenvalue weighted by molar-refractivity contribution is 7.53. The number of anilines is 4. The number of rotatable bonds is 13. The van der Waals surface area contributed by atoms with E-state index in [1.54, 1.807) is 56.1 Å². The average Bonchev–Trinajstić information content (AvgIpc) is 3.32. The second kappa shape index (κ2) is 14.7. The number of carbonyl (C=O) groups is 1. The number of hydrogen-bond acceptors (Lipinski definition) is 9. The molecule has 0 radical (unpaired) electrons. The molecule has 0 unspecified atom stereocenters. The molecule has 10 nitrogen and oxygen atoms in total. The highest BCUT2D eigenvalue weighted by Gasteiger charge is 2.37. The van der Waals surface area contributed by atoms with E-state index in [1.807, 2.05) is 13.0 Å². The van der Waals surface area contributed by atoms with Gasteiger partial charge in [0.2, 0.25) is 5.95 Å². The summed E-state index contributed by atoms with van der Waals surface area (Å²) in [5.74, 6) is -0.571. The van der Waals surface area contributed by atoms with Crippen LogP contribution >= 0.6 is 7.60 Å². The Labute approximate surface area is 272 Å². The zero-order chi connectivity index (χ0) is 33.8. The molecule has 1 aliphatic heterocycles. The quantitative estimate of drug-likeness (QED) is 0.172. The highest BCUT2D eigenvalue weighted by Crippen LogP contribution is 2.51. The molecule has 14 heteroatoms. The van der Waals surface area contributed by atoms with Gasteiger partial charge in [-0.05, 0) is 87.3 Å². The summed E-state index contributed by atoms with van der Waals surface area (Å²) in [6.45, 7) is 7.00. The van der Waals surface area contributed by atoms with Crippen molar-refractivity contribution in [2.75, 3.05) is 37.5 Å². The molecule has 2 heterocycles. The number of halogens is 3. The van der Waals surface area contributed by atoms with Gasteiger partial charge in [-0.2, -0.15) is 18.2 Å². The van der Waals surface area contributed by atoms with Gasteiger partial charge in [0.1, 0.15) is 11.4 Å². The van der Waals surface area contributed by atoms with Gasteiger partial charge in [-0.25, -0.2) is 4.98 Å². The van der Waals surface area contributed by atoms with Gasteiger partial charge in [-0.1, -0.05) is 18.2 Å². The minimum absolute atomic E-state index is 0.0748. The van der Waals surface area contributed by atoms with Crippen LogP contribution in [0.3, 0.4) is 0 Å². The maximum atomic E-state index is 14.1. The molecule has 0 bridgehead atoms. The fraction of sp³-hybridized carbons (Fsp3) is 0.485. The van der Waals surface area contributed by atoms with E-state index in [0.29, 0.717) is 36.2 Å². The normalized spacial score (nSPS) is 18.4. The van der Waals surface area contributed by atoms with E-state index in [-0.39, 0.29) is 48.9 Å². The first kappa shape index (κ1) is 34.8. The summed E-state index contributed by atoms with van der Waals surface area (Å²) in [5, 5.41) is 5.77. The van der Waals surface area contributed by atoms with Crippen LogP contribution in [0.2, 0.25) is 0 Å². The number of fused-ring (bicyclic) bond motifs is 1. The zero-order valence-corrected chi connectivity index (χ0v) is 27.9. The van der Waals surface area contributed by atoms with Crippen molar-refractivity contribution in [1.29, 1.82) is 0 Å². The van der Waals surface area contributed by atoms with Crippen molar-refractivity contribution < 1.29 is 36.3 Å². The minimum atomic E-state index is -4.75. The molecule has 1 saturated carbocycles. The topological polar surface area (TPSA) is 115 Å². The summed E-state index contributed by atoms with van der Waals surface area (Å²) in [7, 11) is -1.62. The second-order valence-electron chi connectivity index (χ2n) is 11.7. The van der Waals surface area contributed by atoms with Gasteiger partial charge in [0, 0.05) is 32.1 Å². The molecule has 1 amide bonds. The molecule has 0 spiro atoms. The number of amides is 1. The van der Waals surface area contributed by atoms with Crippen LogP contribution in [0.1, 0.15) is 85.0 Å². The van der Waals surface area contributed by atoms with E-state index in [2.05, 4.69) is 20.6 Å². The lowest BCUT2D eigenvalue weighted by Gasteiger charge is -2.30. The van der Waals surface area contributed by atoms with Gasteiger partial charge in [-0.3, -0.25) is 9.36 Å². The van der Waals surface area contributed by atoms with E-state index in [0.717, 1.165) is 36.8 Å². The summed E-state index contributed by atoms with van der Waals surface area (Å²) in [5.41, 5.74) is 2.66. The van der Waals surface area contributed by atoms with Crippen molar-refractivity contribution in [3.63, 3.8) is 0 Å². The predicted octanol–water partition coefficient (Wildman–Crippen LogP) is 8.40. The Hall–Kier alpha value is -3.51. The van der Waals surface area contributed by atoms with Crippen LogP contribution < -0.4 is 10.6 Å². The van der Waals surface area contributed by atoms with Gasteiger partial charge in [0.15, 0.2) is 0 Å². The Morgan fingerprint density at radius 2 is 1.64 bits per heavy atom. The van der Waals surface area contributed by atoms with Gasteiger partial charge in [0.05, 0.1) is 36.7 Å². The zero-order valence-electron chi connectivity index (χ0n) is 27.0. The number of benzene rings is 2. The molecule has 1 fully saturated rings. The van der Waals surface area contributed by atoms with Crippen LogP contribution in [0.15, 0.2) is 42.6 Å². The van der Waals surface area contributed by atoms with E-state index >= 15 is 0 Å². The number of aromatic nitrogens is 2. The molecule has 5 rings (SSSR count). The summed E-state index contributed by atoms with van der Waals surface area (Å²) in [6.07, 6.45) is -0.0499. The third kappa shape index (κ3) is 8.14. The fourth-order valence-corrected chi connectivity index (χ4v) is 7.98. The van der Waals surface area contributed by atoms with Gasteiger partial charge in [0.25, 0.3) is 5.91 Å². The number of carbonyl (C=O) groups excluding carboxylic acids is 1. The molecule has 2 N–H and O–H groups in total. The van der Waals surface area contributed by atoms with Crippen LogP contribution in [0.25, 0.3) is 0 Å². The van der Waals surface area contributed by atoms with Crippen LogP contribution in [0.4, 0.5) is 36.3 Å². The fourth-order valence-electron chi connectivity index (χ4n) is 6.28. The Morgan fingerprint density at radius 3 is 2.26 bits per heavy atom. The number of alkyl halides is 3. The lowest BCUT2D eigenvalue weighted by molar-refractivity contribution is -0.137. The average molecular weight is 676 g/mol. The maximum Gasteiger partial charge on any atom is 0.421 e. The van der Waals surface area contributed by atoms with Crippen molar-refractivity contribution in [2.24, 2.45) is 0 Å². The molecule has 3 aromatic rings. The summed E-state index contributed by atoms with van der Waals surface area (Å²) in [6, 6.07) is 10.4. The smallest absolute Gasteiger partial charge is 0.379 e. The lowest BCUT2D eigenvalue weighted by Crippen LogP contribution is -2.21. The van der Waals surface area contributed by atoms with Gasteiger partial charge >= 0.3 is 13.8 Å². The van der Waals surface area contributed by atoms with Crippen LogP contribution in [0, 0.1) is 0 Å². The molecule has 2 aliphatic rings. The second-order valence-corrected chi connectivity index (χ2v) is 13.7. The van der Waals surface area contributed by atoms with Crippen molar-refractivity contribution in [3.8, 4) is 0 Å². The molecule has 1 aromatic heterocycles. The number of nitrogens with zero attached hydrogens (tertiary/aromatic N) is 3. The Kier molecular flexibility index (Phi) is 10.9. The standard InChI is InChI=1S/C33H41F3N5O5P/c1-5-44-24-14-10-22(11-15-24)25-16-17-28(29-26(25)19-41(4)31(29)42)39-30-27(33(34,35)36)18-37-32(40-30)38-23-12-8-21(9-13-23)20-47(43,45-6-2)46-7-3/h8-9,12-13,16-18,22,24H,5-7,10-11,14-15,19-20H2,1-4H3,(H2,37,38,39,40)/t22-,24+. The van der Waals surface area contributed by atoms with Crippen molar-refractivity contribution in [2.45, 2.75) is 77.4 Å². The van der Waals surface area contributed by atoms with Crippen molar-refractivity contribution in [1.82, 2.24) is 14.9 Å². The van der Waals surface area contributed by atoms with Crippen molar-refractivity contribution >= 4 is 36.6 Å². The summed E-state index contributed by atoms with van der Waals surface area (Å²) in [4.78, 5) is 23.0. The largest absolute Gasteiger partial charge is 0.421 e. The minimum Gasteiger partial charge on any atom is -0.379 e. The lowest BCUT2D eigenvalue weighted by atomic mass is 9.80. The van der Waals surface area contributed by atoms with E-state index in [4.69, 9.17) is 13.8 Å². The molecule has 0 saturated heterocycles. The highest BCUT2D eigenvalue weighted by atomic mass is 31.2. The molecule has 0 atom stereocenters. The first-order chi connectivity index (χ1) is 22.4. The molecular formula is C33H41F3N5O5P. The monoisotopic (exact) mass is 675 g/mol. The SMILES string of the molecule is CCOP(=O)(Cc1ccc(Nc2ncc(C(F)(F)F)c(Nc3ccc([C@H]4CC[C@@H](OCC)CC4)c4c3C(=O)N(C)C4)n2)cc1)OCC. The summed E-state index contributed by atoms with van der Waals surface area (Å²) < 4.78 is 71.8. The van der Waals surface area contributed by atoms with Crippen LogP contribution in [-0.4, -0.2) is 53.7 Å². The number of ether oxygens (including phenoxy) is 1. The third-order valence-electron chi connectivity index (χ3n) is 8.41. The molecular weight excluding hydrogens is 634 g/mol. The molecule has 2 aromatic carbocycles. The molecule has 1 aliphatic carbocycles. The number of nitrogens with one attached hydrogen (secondary N) is 2. The van der Waals surface area contributed by atoms with E-state index in [9.17, 15) is 22.5 Å². The van der Waals surface area contributed by atoms with E-state index in [1.165, 1.54) is 0 Å². The Balaban J connectivity index is 1.40. The molecule has 254 valence electrons. The first-order valence-electron chi connectivity index (χ1n) is 15.9. The van der Waals surface area contributed by atoms with Crippen LogP contribution in [-0.2, 0) is 37.2 Å². The van der Waals surface area contributed by atoms with Crippen molar-refractivity contribution in [3.05, 3.63) is 70.4 Å². The Bertz CT molecular complexity index is 1600.